The number of aromatic nitrogens is 1. The molecular formula is C22H28N4O2S. The summed E-state index contributed by atoms with van der Waals surface area (Å²) in [5.41, 5.74) is 2.93. The van der Waals surface area contributed by atoms with Crippen LogP contribution in [0.2, 0.25) is 0 Å². The highest BCUT2D eigenvalue weighted by molar-refractivity contribution is 7.81. The Morgan fingerprint density at radius 3 is 2.93 bits per heavy atom. The first-order valence-corrected chi connectivity index (χ1v) is 10.6. The van der Waals surface area contributed by atoms with Crippen LogP contribution in [-0.4, -0.2) is 71.5 Å². The number of carbonyl (C=O) groups is 1. The molecule has 1 saturated heterocycles. The lowest BCUT2D eigenvalue weighted by atomic mass is 10.1. The first kappa shape index (κ1) is 21.3. The molecule has 0 radical (unpaired) electrons. The van der Waals surface area contributed by atoms with Crippen LogP contribution in [0.1, 0.15) is 23.7 Å². The largest absolute Gasteiger partial charge is 0.377 e. The Hall–Kier alpha value is -2.38. The highest BCUT2D eigenvalue weighted by atomic mass is 32.1. The third kappa shape index (κ3) is 5.36. The Morgan fingerprint density at radius 1 is 1.31 bits per heavy atom. The number of thiol groups is 1. The Kier molecular flexibility index (Phi) is 7.66. The second-order valence-corrected chi connectivity index (χ2v) is 7.38. The summed E-state index contributed by atoms with van der Waals surface area (Å²) in [4.78, 5) is 21.7. The van der Waals surface area contributed by atoms with Gasteiger partial charge in [-0.25, -0.2) is 0 Å². The molecule has 1 aliphatic rings. The van der Waals surface area contributed by atoms with E-state index in [9.17, 15) is 4.79 Å². The van der Waals surface area contributed by atoms with Gasteiger partial charge >= 0.3 is 0 Å². The van der Waals surface area contributed by atoms with E-state index < -0.39 is 0 Å². The van der Waals surface area contributed by atoms with E-state index in [0.29, 0.717) is 56.4 Å². The van der Waals surface area contributed by atoms with E-state index in [0.717, 1.165) is 23.0 Å². The average molecular weight is 413 g/mol. The smallest absolute Gasteiger partial charge is 0.256 e. The number of para-hydroxylation sites is 1. The monoisotopic (exact) mass is 412 g/mol. The standard InChI is InChI=1S/C22H28N4O2S/c1-2-12-28-13-8-19-15-26(11-10-25(19)14-18(23)16-29)22(27)20-7-3-5-17-6-4-9-24-21(17)20/h3-9,23,29H,2,10-16H2,1H3/b19-8+,23-18?. The summed E-state index contributed by atoms with van der Waals surface area (Å²) in [7, 11) is 0. The van der Waals surface area contributed by atoms with Crippen LogP contribution in [0.4, 0.5) is 0 Å². The molecule has 1 aliphatic heterocycles. The molecule has 1 aromatic heterocycles. The van der Waals surface area contributed by atoms with Crippen molar-refractivity contribution in [1.29, 1.82) is 5.41 Å². The number of carbonyl (C=O) groups excluding carboxylic acids is 1. The summed E-state index contributed by atoms with van der Waals surface area (Å²) in [5.74, 6) is 0.416. The zero-order chi connectivity index (χ0) is 20.6. The third-order valence-corrected chi connectivity index (χ3v) is 5.29. The van der Waals surface area contributed by atoms with Gasteiger partial charge in [0.25, 0.3) is 5.91 Å². The van der Waals surface area contributed by atoms with Crippen LogP contribution < -0.4 is 0 Å². The van der Waals surface area contributed by atoms with Crippen LogP contribution in [0.15, 0.2) is 48.3 Å². The maximum Gasteiger partial charge on any atom is 0.256 e. The number of hydrogen-bond acceptors (Lipinski definition) is 6. The van der Waals surface area contributed by atoms with Gasteiger partial charge in [-0.2, -0.15) is 12.6 Å². The Morgan fingerprint density at radius 2 is 2.14 bits per heavy atom. The number of nitrogens with zero attached hydrogens (tertiary/aromatic N) is 3. The molecule has 6 nitrogen and oxygen atoms in total. The van der Waals surface area contributed by atoms with Crippen LogP contribution in [0.3, 0.4) is 0 Å². The molecule has 154 valence electrons. The van der Waals surface area contributed by atoms with Gasteiger partial charge in [0.2, 0.25) is 0 Å². The second-order valence-electron chi connectivity index (χ2n) is 7.06. The summed E-state index contributed by atoms with van der Waals surface area (Å²) in [6.07, 6.45) is 4.72. The first-order valence-electron chi connectivity index (χ1n) is 9.96. The van der Waals surface area contributed by atoms with Gasteiger partial charge in [0.05, 0.1) is 30.8 Å². The summed E-state index contributed by atoms with van der Waals surface area (Å²) >= 11 is 4.21. The van der Waals surface area contributed by atoms with Crippen molar-refractivity contribution in [3.8, 4) is 0 Å². The van der Waals surface area contributed by atoms with E-state index in [1.165, 1.54) is 0 Å². The fourth-order valence-electron chi connectivity index (χ4n) is 3.42. The Balaban J connectivity index is 1.79. The van der Waals surface area contributed by atoms with E-state index >= 15 is 0 Å². The van der Waals surface area contributed by atoms with E-state index in [-0.39, 0.29) is 5.91 Å². The lowest BCUT2D eigenvalue weighted by Gasteiger charge is -2.38. The van der Waals surface area contributed by atoms with Crippen molar-refractivity contribution in [3.63, 3.8) is 0 Å². The van der Waals surface area contributed by atoms with Gasteiger partial charge in [-0.1, -0.05) is 25.1 Å². The average Bonchev–Trinajstić information content (AvgIpc) is 2.76. The van der Waals surface area contributed by atoms with Crippen LogP contribution >= 0.6 is 12.6 Å². The number of nitrogens with one attached hydrogen (secondary N) is 1. The molecule has 1 amide bonds. The molecule has 1 N–H and O–H groups in total. The molecule has 7 heteroatoms. The fraction of sp³-hybridized carbons (Fsp3) is 0.409. The molecule has 29 heavy (non-hydrogen) atoms. The van der Waals surface area contributed by atoms with Crippen molar-refractivity contribution in [2.45, 2.75) is 13.3 Å². The molecule has 3 rings (SSSR count). The van der Waals surface area contributed by atoms with E-state index in [1.54, 1.807) is 6.20 Å². The molecule has 0 aliphatic carbocycles. The van der Waals surface area contributed by atoms with E-state index in [4.69, 9.17) is 10.1 Å². The van der Waals surface area contributed by atoms with Gasteiger partial charge in [0.15, 0.2) is 0 Å². The number of amides is 1. The molecule has 0 saturated carbocycles. The van der Waals surface area contributed by atoms with Crippen molar-refractivity contribution < 1.29 is 9.53 Å². The van der Waals surface area contributed by atoms with Crippen molar-refractivity contribution in [2.24, 2.45) is 0 Å². The van der Waals surface area contributed by atoms with Gasteiger partial charge in [-0.3, -0.25) is 9.78 Å². The maximum atomic E-state index is 13.3. The first-order chi connectivity index (χ1) is 14.1. The number of rotatable bonds is 8. The maximum absolute atomic E-state index is 13.3. The Bertz CT molecular complexity index is 894. The minimum Gasteiger partial charge on any atom is -0.377 e. The van der Waals surface area contributed by atoms with Crippen LogP contribution in [0.5, 0.6) is 0 Å². The number of pyridine rings is 1. The number of ether oxygens (including phenoxy) is 1. The quantitative estimate of drug-likeness (QED) is 0.397. The zero-order valence-corrected chi connectivity index (χ0v) is 17.7. The van der Waals surface area contributed by atoms with Gasteiger partial charge in [0.1, 0.15) is 0 Å². The molecule has 0 spiro atoms. The SMILES string of the molecule is CCCOC/C=C1\CN(C(=O)c2cccc3cccnc23)CCN1CC(=N)CS. The predicted octanol–water partition coefficient (Wildman–Crippen LogP) is 3.25. The zero-order valence-electron chi connectivity index (χ0n) is 16.8. The normalized spacial score (nSPS) is 15.9. The number of benzene rings is 1. The number of hydrogen-bond donors (Lipinski definition) is 2. The second kappa shape index (κ2) is 10.4. The number of piperazine rings is 1. The molecule has 0 unspecified atom stereocenters. The Labute approximate surface area is 177 Å². The third-order valence-electron chi connectivity index (χ3n) is 4.91. The molecule has 2 aromatic rings. The fourth-order valence-corrected chi connectivity index (χ4v) is 3.52. The lowest BCUT2D eigenvalue weighted by molar-refractivity contribution is 0.0706. The predicted molar refractivity (Wildman–Crippen MR) is 120 cm³/mol. The van der Waals surface area contributed by atoms with Crippen LogP contribution in [0, 0.1) is 5.41 Å². The summed E-state index contributed by atoms with van der Waals surface area (Å²) in [6, 6.07) is 9.56. The summed E-state index contributed by atoms with van der Waals surface area (Å²) in [5, 5.41) is 8.96. The van der Waals surface area contributed by atoms with Crippen LogP contribution in [-0.2, 0) is 4.74 Å². The van der Waals surface area contributed by atoms with Gasteiger partial charge in [-0.05, 0) is 24.6 Å². The van der Waals surface area contributed by atoms with Crippen molar-refractivity contribution in [3.05, 3.63) is 53.9 Å². The molecule has 2 heterocycles. The number of fused-ring (bicyclic) bond motifs is 1. The van der Waals surface area contributed by atoms with Crippen LogP contribution in [0.25, 0.3) is 10.9 Å². The van der Waals surface area contributed by atoms with Crippen molar-refractivity contribution >= 4 is 35.2 Å². The highest BCUT2D eigenvalue weighted by Crippen LogP contribution is 2.21. The molecule has 0 bridgehead atoms. The van der Waals surface area contributed by atoms with Gasteiger partial charge in [0, 0.05) is 48.4 Å². The van der Waals surface area contributed by atoms with Gasteiger partial charge in [-0.15, -0.1) is 0 Å². The summed E-state index contributed by atoms with van der Waals surface area (Å²) in [6.45, 7) is 5.60. The van der Waals surface area contributed by atoms with E-state index in [1.807, 2.05) is 41.3 Å². The topological polar surface area (TPSA) is 69.5 Å². The molecule has 1 aromatic carbocycles. The highest BCUT2D eigenvalue weighted by Gasteiger charge is 2.26. The van der Waals surface area contributed by atoms with Gasteiger partial charge < -0.3 is 19.9 Å². The molecular weight excluding hydrogens is 384 g/mol. The summed E-state index contributed by atoms with van der Waals surface area (Å²) < 4.78 is 5.62. The lowest BCUT2D eigenvalue weighted by Crippen LogP contribution is -2.48. The minimum atomic E-state index is -0.0152. The van der Waals surface area contributed by atoms with E-state index in [2.05, 4.69) is 29.4 Å². The van der Waals surface area contributed by atoms with Crippen molar-refractivity contribution in [2.75, 3.05) is 45.1 Å². The molecule has 1 fully saturated rings. The molecule has 0 atom stereocenters. The van der Waals surface area contributed by atoms with Crippen molar-refractivity contribution in [1.82, 2.24) is 14.8 Å². The minimum absolute atomic E-state index is 0.0152.